The van der Waals surface area contributed by atoms with Crippen LogP contribution in [0.1, 0.15) is 55.7 Å². The van der Waals surface area contributed by atoms with E-state index in [0.29, 0.717) is 31.4 Å². The molecule has 33 heavy (non-hydrogen) atoms. The van der Waals surface area contributed by atoms with Crippen molar-refractivity contribution in [3.63, 3.8) is 0 Å². The first kappa shape index (κ1) is 21.7. The number of nitrogens with one attached hydrogen (secondary N) is 2. The number of anilines is 1. The fourth-order valence-corrected chi connectivity index (χ4v) is 5.70. The van der Waals surface area contributed by atoms with Crippen molar-refractivity contribution in [3.05, 3.63) is 64.1 Å². The molecule has 7 heteroatoms. The molecule has 2 aliphatic heterocycles. The molecule has 5 rings (SSSR count). The average Bonchev–Trinajstić information content (AvgIpc) is 2.82. The van der Waals surface area contributed by atoms with E-state index in [0.717, 1.165) is 30.5 Å². The van der Waals surface area contributed by atoms with Gasteiger partial charge in [0, 0.05) is 37.3 Å². The average molecular weight is 449 g/mol. The van der Waals surface area contributed by atoms with Crippen molar-refractivity contribution in [1.82, 2.24) is 14.8 Å². The third-order valence-electron chi connectivity index (χ3n) is 7.31. The minimum Gasteiger partial charge on any atom is -0.335 e. The van der Waals surface area contributed by atoms with Crippen LogP contribution < -0.4 is 16.2 Å². The van der Waals surface area contributed by atoms with Crippen molar-refractivity contribution >= 4 is 17.6 Å². The van der Waals surface area contributed by atoms with Crippen LogP contribution in [0.3, 0.4) is 0 Å². The first-order valence-electron chi connectivity index (χ1n) is 12.2. The number of amides is 3. The molecule has 1 aromatic carbocycles. The van der Waals surface area contributed by atoms with E-state index in [4.69, 9.17) is 0 Å². The number of rotatable bonds is 4. The molecule has 1 saturated heterocycles. The Balaban J connectivity index is 1.27. The third kappa shape index (κ3) is 4.82. The van der Waals surface area contributed by atoms with Crippen molar-refractivity contribution < 1.29 is 9.59 Å². The number of hydrogen-bond acceptors (Lipinski definition) is 3. The largest absolute Gasteiger partial charge is 0.335 e. The maximum absolute atomic E-state index is 13.2. The molecule has 2 atom stereocenters. The number of likely N-dealkylation sites (tertiary alicyclic amines) is 1. The van der Waals surface area contributed by atoms with Crippen LogP contribution in [0.4, 0.5) is 10.5 Å². The van der Waals surface area contributed by atoms with Crippen molar-refractivity contribution in [2.75, 3.05) is 18.4 Å². The Labute approximate surface area is 194 Å². The van der Waals surface area contributed by atoms with E-state index in [1.165, 1.54) is 19.3 Å². The fraction of sp³-hybridized carbons (Fsp3) is 0.500. The predicted octanol–water partition coefficient (Wildman–Crippen LogP) is 3.49. The molecule has 1 saturated carbocycles. The summed E-state index contributed by atoms with van der Waals surface area (Å²) >= 11 is 0. The first-order valence-corrected chi connectivity index (χ1v) is 12.2. The SMILES string of the molecule is O=C(Cc1ccccc1)Nc1ccc2n(c1=O)C[C@H]1C[C@@H]2CN(C(=O)NC2CCCCC2)C1. The van der Waals surface area contributed by atoms with Crippen LogP contribution in [0.5, 0.6) is 0 Å². The van der Waals surface area contributed by atoms with Crippen molar-refractivity contribution in [2.24, 2.45) is 5.92 Å². The molecule has 2 fully saturated rings. The first-order chi connectivity index (χ1) is 16.1. The summed E-state index contributed by atoms with van der Waals surface area (Å²) in [6.07, 6.45) is 7.02. The molecule has 0 spiro atoms. The second-order valence-corrected chi connectivity index (χ2v) is 9.79. The minimum atomic E-state index is -0.194. The normalized spacial score (nSPS) is 22.4. The van der Waals surface area contributed by atoms with E-state index >= 15 is 0 Å². The van der Waals surface area contributed by atoms with Crippen molar-refractivity contribution in [3.8, 4) is 0 Å². The third-order valence-corrected chi connectivity index (χ3v) is 7.31. The van der Waals surface area contributed by atoms with Crippen LogP contribution in [-0.4, -0.2) is 40.5 Å². The Kier molecular flexibility index (Phi) is 6.20. The summed E-state index contributed by atoms with van der Waals surface area (Å²) in [6.45, 7) is 1.89. The van der Waals surface area contributed by atoms with E-state index in [1.807, 2.05) is 45.9 Å². The lowest BCUT2D eigenvalue weighted by Crippen LogP contribution is -2.53. The summed E-state index contributed by atoms with van der Waals surface area (Å²) in [7, 11) is 0. The Bertz CT molecular complexity index is 1070. The van der Waals surface area contributed by atoms with Crippen molar-refractivity contribution in [2.45, 2.75) is 63.5 Å². The lowest BCUT2D eigenvalue weighted by Gasteiger charge is -2.43. The number of nitrogens with zero attached hydrogens (tertiary/aromatic N) is 2. The fourth-order valence-electron chi connectivity index (χ4n) is 5.70. The van der Waals surface area contributed by atoms with Crippen LogP contribution in [0, 0.1) is 5.92 Å². The van der Waals surface area contributed by atoms with Gasteiger partial charge in [0.2, 0.25) is 5.91 Å². The highest BCUT2D eigenvalue weighted by atomic mass is 16.2. The molecule has 1 aromatic heterocycles. The number of urea groups is 1. The summed E-state index contributed by atoms with van der Waals surface area (Å²) in [5.74, 6) is 0.207. The van der Waals surface area contributed by atoms with Gasteiger partial charge in [-0.15, -0.1) is 0 Å². The topological polar surface area (TPSA) is 83.4 Å². The molecule has 2 bridgehead atoms. The molecule has 1 aliphatic carbocycles. The predicted molar refractivity (Wildman–Crippen MR) is 127 cm³/mol. The maximum Gasteiger partial charge on any atom is 0.317 e. The number of carbonyl (C=O) groups is 2. The molecule has 2 N–H and O–H groups in total. The second-order valence-electron chi connectivity index (χ2n) is 9.79. The summed E-state index contributed by atoms with van der Waals surface area (Å²) in [4.78, 5) is 40.5. The van der Waals surface area contributed by atoms with Crippen LogP contribution in [0.15, 0.2) is 47.3 Å². The molecule has 3 amide bonds. The van der Waals surface area contributed by atoms with Crippen LogP contribution in [0.25, 0.3) is 0 Å². The summed E-state index contributed by atoms with van der Waals surface area (Å²) < 4.78 is 1.81. The lowest BCUT2D eigenvalue weighted by molar-refractivity contribution is -0.115. The molecule has 174 valence electrons. The molecule has 2 aromatic rings. The van der Waals surface area contributed by atoms with Gasteiger partial charge >= 0.3 is 6.03 Å². The maximum atomic E-state index is 13.2. The van der Waals surface area contributed by atoms with Gasteiger partial charge in [-0.25, -0.2) is 4.79 Å². The zero-order chi connectivity index (χ0) is 22.8. The number of benzene rings is 1. The molecule has 3 heterocycles. The number of pyridine rings is 1. The quantitative estimate of drug-likeness (QED) is 0.751. The van der Waals surface area contributed by atoms with E-state index in [-0.39, 0.29) is 35.8 Å². The van der Waals surface area contributed by atoms with Crippen LogP contribution in [0.2, 0.25) is 0 Å². The number of piperidine rings is 1. The van der Waals surface area contributed by atoms with Crippen molar-refractivity contribution in [1.29, 1.82) is 0 Å². The van der Waals surface area contributed by atoms with Gasteiger partial charge in [-0.3, -0.25) is 9.59 Å². The van der Waals surface area contributed by atoms with Gasteiger partial charge in [-0.05, 0) is 42.9 Å². The van der Waals surface area contributed by atoms with Gasteiger partial charge in [-0.1, -0.05) is 49.6 Å². The van der Waals surface area contributed by atoms with Gasteiger partial charge in [0.25, 0.3) is 5.56 Å². The van der Waals surface area contributed by atoms with E-state index in [2.05, 4.69) is 10.6 Å². The molecular formula is C26H32N4O3. The molecule has 0 unspecified atom stereocenters. The highest BCUT2D eigenvalue weighted by Crippen LogP contribution is 2.35. The summed E-state index contributed by atoms with van der Waals surface area (Å²) in [5, 5.41) is 6.03. The number of aromatic nitrogens is 1. The molecule has 0 radical (unpaired) electrons. The van der Waals surface area contributed by atoms with Gasteiger partial charge in [0.1, 0.15) is 5.69 Å². The molecule has 3 aliphatic rings. The van der Waals surface area contributed by atoms with Gasteiger partial charge in [0.15, 0.2) is 0 Å². The van der Waals surface area contributed by atoms with Crippen LogP contribution >= 0.6 is 0 Å². The van der Waals surface area contributed by atoms with Crippen LogP contribution in [-0.2, 0) is 17.8 Å². The number of fused-ring (bicyclic) bond motifs is 4. The lowest BCUT2D eigenvalue weighted by atomic mass is 9.83. The zero-order valence-electron chi connectivity index (χ0n) is 19.0. The van der Waals surface area contributed by atoms with E-state index in [1.54, 1.807) is 6.07 Å². The van der Waals surface area contributed by atoms with E-state index < -0.39 is 0 Å². The number of hydrogen-bond donors (Lipinski definition) is 2. The molecule has 7 nitrogen and oxygen atoms in total. The number of carbonyl (C=O) groups excluding carboxylic acids is 2. The second kappa shape index (κ2) is 9.41. The molecular weight excluding hydrogens is 416 g/mol. The minimum absolute atomic E-state index is 0.0391. The zero-order valence-corrected chi connectivity index (χ0v) is 19.0. The Morgan fingerprint density at radius 2 is 1.73 bits per heavy atom. The smallest absolute Gasteiger partial charge is 0.317 e. The monoisotopic (exact) mass is 448 g/mol. The van der Waals surface area contributed by atoms with Gasteiger partial charge in [0.05, 0.1) is 6.42 Å². The Morgan fingerprint density at radius 1 is 0.939 bits per heavy atom. The van der Waals surface area contributed by atoms with Gasteiger partial charge < -0.3 is 20.1 Å². The van der Waals surface area contributed by atoms with E-state index in [9.17, 15) is 14.4 Å². The Hall–Kier alpha value is -3.09. The highest BCUT2D eigenvalue weighted by Gasteiger charge is 2.37. The summed E-state index contributed by atoms with van der Waals surface area (Å²) in [6, 6.07) is 13.5. The highest BCUT2D eigenvalue weighted by molar-refractivity contribution is 5.92. The standard InChI is InChI=1S/C26H32N4O3/c31-24(14-18-7-3-1-4-8-18)28-22-11-12-23-20-13-19(16-30(23)25(22)32)15-29(17-20)26(33)27-21-9-5-2-6-10-21/h1,3-4,7-8,11-12,19-21H,2,5-6,9-10,13-17H2,(H,27,33)(H,28,31)/t19-,20+/m0/s1. The Morgan fingerprint density at radius 3 is 2.52 bits per heavy atom. The summed E-state index contributed by atoms with van der Waals surface area (Å²) in [5.41, 5.74) is 2.05. The van der Waals surface area contributed by atoms with Gasteiger partial charge in [-0.2, -0.15) is 0 Å².